The highest BCUT2D eigenvalue weighted by Crippen LogP contribution is 2.32. The summed E-state index contributed by atoms with van der Waals surface area (Å²) in [7, 11) is 0. The van der Waals surface area contributed by atoms with Crippen LogP contribution in [0.4, 0.5) is 0 Å². The SMILES string of the molecule is CC(C)(C)CC(=O)N1CCCC1C(=O)NC(CN)C1CC1. The molecule has 2 amide bonds. The fraction of sp³-hybridized carbons (Fsp3) is 0.875. The van der Waals surface area contributed by atoms with Gasteiger partial charge in [0.15, 0.2) is 0 Å². The summed E-state index contributed by atoms with van der Waals surface area (Å²) in [4.78, 5) is 26.6. The summed E-state index contributed by atoms with van der Waals surface area (Å²) >= 11 is 0. The van der Waals surface area contributed by atoms with Crippen LogP contribution in [0, 0.1) is 11.3 Å². The van der Waals surface area contributed by atoms with E-state index >= 15 is 0 Å². The standard InChI is InChI=1S/C16H29N3O2/c1-16(2,3)9-14(20)19-8-4-5-13(19)15(21)18-12(10-17)11-6-7-11/h11-13H,4-10,17H2,1-3H3,(H,18,21). The van der Waals surface area contributed by atoms with Gasteiger partial charge in [-0.2, -0.15) is 0 Å². The second-order valence-electron chi connectivity index (χ2n) is 7.67. The second kappa shape index (κ2) is 6.34. The Hall–Kier alpha value is -1.10. The first-order chi connectivity index (χ1) is 9.81. The number of hydrogen-bond donors (Lipinski definition) is 2. The predicted molar refractivity (Wildman–Crippen MR) is 82.5 cm³/mol. The molecule has 2 atom stereocenters. The van der Waals surface area contributed by atoms with Crippen molar-refractivity contribution in [3.05, 3.63) is 0 Å². The molecule has 2 unspecified atom stereocenters. The molecule has 3 N–H and O–H groups in total. The van der Waals surface area contributed by atoms with E-state index in [-0.39, 0.29) is 29.3 Å². The fourth-order valence-electron chi connectivity index (χ4n) is 3.04. The van der Waals surface area contributed by atoms with Gasteiger partial charge in [-0.3, -0.25) is 9.59 Å². The zero-order chi connectivity index (χ0) is 15.6. The Morgan fingerprint density at radius 1 is 1.29 bits per heavy atom. The van der Waals surface area contributed by atoms with Crippen LogP contribution in [0.5, 0.6) is 0 Å². The number of carbonyl (C=O) groups excluding carboxylic acids is 2. The minimum atomic E-state index is -0.298. The van der Waals surface area contributed by atoms with Crippen LogP contribution in [0.1, 0.15) is 52.9 Å². The van der Waals surface area contributed by atoms with Crippen LogP contribution in [0.2, 0.25) is 0 Å². The van der Waals surface area contributed by atoms with Crippen molar-refractivity contribution in [2.45, 2.75) is 65.0 Å². The Morgan fingerprint density at radius 2 is 1.95 bits per heavy atom. The Labute approximate surface area is 127 Å². The average Bonchev–Trinajstić information content (AvgIpc) is 3.09. The molecule has 0 radical (unpaired) electrons. The Kier molecular flexibility index (Phi) is 4.91. The molecule has 0 bridgehead atoms. The van der Waals surface area contributed by atoms with Crippen molar-refractivity contribution in [2.75, 3.05) is 13.1 Å². The smallest absolute Gasteiger partial charge is 0.243 e. The topological polar surface area (TPSA) is 75.4 Å². The molecule has 2 fully saturated rings. The third-order valence-corrected chi connectivity index (χ3v) is 4.33. The number of nitrogens with zero attached hydrogens (tertiary/aromatic N) is 1. The molecule has 2 rings (SSSR count). The van der Waals surface area contributed by atoms with Crippen LogP contribution in [0.3, 0.4) is 0 Å². The van der Waals surface area contributed by atoms with Crippen LogP contribution in [-0.4, -0.2) is 41.9 Å². The van der Waals surface area contributed by atoms with Gasteiger partial charge in [0.2, 0.25) is 11.8 Å². The Bertz CT molecular complexity index is 399. The van der Waals surface area contributed by atoms with E-state index in [0.29, 0.717) is 25.4 Å². The molecular weight excluding hydrogens is 266 g/mol. The summed E-state index contributed by atoms with van der Waals surface area (Å²) in [6.45, 7) is 7.33. The van der Waals surface area contributed by atoms with Crippen molar-refractivity contribution in [1.82, 2.24) is 10.2 Å². The molecule has 1 saturated carbocycles. The summed E-state index contributed by atoms with van der Waals surface area (Å²) < 4.78 is 0. The Balaban J connectivity index is 1.94. The van der Waals surface area contributed by atoms with E-state index in [1.807, 2.05) is 20.8 Å². The highest BCUT2D eigenvalue weighted by Gasteiger charge is 2.38. The van der Waals surface area contributed by atoms with Crippen LogP contribution < -0.4 is 11.1 Å². The first kappa shape index (κ1) is 16.3. The molecule has 0 aromatic heterocycles. The van der Waals surface area contributed by atoms with Gasteiger partial charge in [0, 0.05) is 25.6 Å². The average molecular weight is 295 g/mol. The highest BCUT2D eigenvalue weighted by molar-refractivity contribution is 5.88. The van der Waals surface area contributed by atoms with E-state index in [1.165, 1.54) is 0 Å². The zero-order valence-corrected chi connectivity index (χ0v) is 13.5. The zero-order valence-electron chi connectivity index (χ0n) is 13.5. The summed E-state index contributed by atoms with van der Waals surface area (Å²) in [5, 5.41) is 3.06. The van der Waals surface area contributed by atoms with Crippen LogP contribution >= 0.6 is 0 Å². The number of likely N-dealkylation sites (tertiary alicyclic amines) is 1. The van der Waals surface area contributed by atoms with Crippen molar-refractivity contribution < 1.29 is 9.59 Å². The van der Waals surface area contributed by atoms with Gasteiger partial charge >= 0.3 is 0 Å². The van der Waals surface area contributed by atoms with E-state index in [1.54, 1.807) is 4.90 Å². The van der Waals surface area contributed by atoms with Crippen LogP contribution in [-0.2, 0) is 9.59 Å². The van der Waals surface area contributed by atoms with Gasteiger partial charge in [0.05, 0.1) is 0 Å². The largest absolute Gasteiger partial charge is 0.350 e. The monoisotopic (exact) mass is 295 g/mol. The molecule has 1 heterocycles. The van der Waals surface area contributed by atoms with Gasteiger partial charge in [-0.1, -0.05) is 20.8 Å². The van der Waals surface area contributed by atoms with E-state index in [2.05, 4.69) is 5.32 Å². The van der Waals surface area contributed by atoms with E-state index < -0.39 is 0 Å². The van der Waals surface area contributed by atoms with Crippen LogP contribution in [0.25, 0.3) is 0 Å². The summed E-state index contributed by atoms with van der Waals surface area (Å²) in [5.74, 6) is 0.618. The predicted octanol–water partition coefficient (Wildman–Crippen LogP) is 1.27. The molecule has 1 saturated heterocycles. The molecule has 1 aliphatic heterocycles. The van der Waals surface area contributed by atoms with Crippen molar-refractivity contribution in [1.29, 1.82) is 0 Å². The quantitative estimate of drug-likeness (QED) is 0.802. The van der Waals surface area contributed by atoms with E-state index in [0.717, 1.165) is 25.7 Å². The maximum absolute atomic E-state index is 12.5. The molecule has 120 valence electrons. The second-order valence-corrected chi connectivity index (χ2v) is 7.67. The Morgan fingerprint density at radius 3 is 2.48 bits per heavy atom. The maximum atomic E-state index is 12.5. The molecule has 2 aliphatic rings. The summed E-state index contributed by atoms with van der Waals surface area (Å²) in [6.07, 6.45) is 4.47. The molecule has 0 aromatic carbocycles. The summed E-state index contributed by atoms with van der Waals surface area (Å²) in [6, 6.07) is -0.217. The molecule has 1 aliphatic carbocycles. The fourth-order valence-corrected chi connectivity index (χ4v) is 3.04. The summed E-state index contributed by atoms with van der Waals surface area (Å²) in [5.41, 5.74) is 5.70. The molecule has 0 spiro atoms. The molecule has 5 heteroatoms. The van der Waals surface area contributed by atoms with Gasteiger partial charge in [-0.05, 0) is 37.0 Å². The lowest BCUT2D eigenvalue weighted by Gasteiger charge is -2.28. The number of carbonyl (C=O) groups is 2. The number of nitrogens with one attached hydrogen (secondary N) is 1. The van der Waals surface area contributed by atoms with Crippen molar-refractivity contribution in [2.24, 2.45) is 17.1 Å². The lowest BCUT2D eigenvalue weighted by Crippen LogP contribution is -2.51. The maximum Gasteiger partial charge on any atom is 0.243 e. The van der Waals surface area contributed by atoms with Crippen LogP contribution in [0.15, 0.2) is 0 Å². The van der Waals surface area contributed by atoms with Crippen molar-refractivity contribution in [3.8, 4) is 0 Å². The lowest BCUT2D eigenvalue weighted by atomic mass is 9.91. The molecular formula is C16H29N3O2. The first-order valence-electron chi connectivity index (χ1n) is 8.12. The van der Waals surface area contributed by atoms with Gasteiger partial charge in [-0.15, -0.1) is 0 Å². The van der Waals surface area contributed by atoms with E-state index in [9.17, 15) is 9.59 Å². The van der Waals surface area contributed by atoms with E-state index in [4.69, 9.17) is 5.73 Å². The van der Waals surface area contributed by atoms with Gasteiger partial charge in [0.25, 0.3) is 0 Å². The minimum Gasteiger partial charge on any atom is -0.350 e. The highest BCUT2D eigenvalue weighted by atomic mass is 16.2. The third kappa shape index (κ3) is 4.43. The number of rotatable bonds is 5. The normalized spacial score (nSPS) is 24.0. The molecule has 0 aromatic rings. The first-order valence-corrected chi connectivity index (χ1v) is 8.12. The number of nitrogens with two attached hydrogens (primary N) is 1. The third-order valence-electron chi connectivity index (χ3n) is 4.33. The van der Waals surface area contributed by atoms with Gasteiger partial charge in [0.1, 0.15) is 6.04 Å². The van der Waals surface area contributed by atoms with Gasteiger partial charge in [-0.25, -0.2) is 0 Å². The minimum absolute atomic E-state index is 0.0166. The molecule has 21 heavy (non-hydrogen) atoms. The van der Waals surface area contributed by atoms with Crippen molar-refractivity contribution >= 4 is 11.8 Å². The lowest BCUT2D eigenvalue weighted by molar-refractivity contribution is -0.140. The number of amides is 2. The van der Waals surface area contributed by atoms with Crippen molar-refractivity contribution in [3.63, 3.8) is 0 Å². The number of hydrogen-bond acceptors (Lipinski definition) is 3. The molecule has 5 nitrogen and oxygen atoms in total. The van der Waals surface area contributed by atoms with Gasteiger partial charge < -0.3 is 16.0 Å².